The predicted molar refractivity (Wildman–Crippen MR) is 73.2 cm³/mol. The molecule has 0 heterocycles. The molecule has 1 N–H and O–H groups in total. The molecule has 0 radical (unpaired) electrons. The zero-order valence-corrected chi connectivity index (χ0v) is 11.2. The first-order chi connectivity index (χ1) is 8.58. The van der Waals surface area contributed by atoms with Crippen LogP contribution in [-0.2, 0) is 11.2 Å². The van der Waals surface area contributed by atoms with Gasteiger partial charge in [-0.2, -0.15) is 0 Å². The Morgan fingerprint density at radius 3 is 2.67 bits per heavy atom. The van der Waals surface area contributed by atoms with Crippen molar-refractivity contribution in [2.75, 3.05) is 19.8 Å². The summed E-state index contributed by atoms with van der Waals surface area (Å²) in [4.78, 5) is 0. The molecule has 0 bridgehead atoms. The van der Waals surface area contributed by atoms with Crippen LogP contribution in [0.5, 0.6) is 0 Å². The molecule has 100 valence electrons. The summed E-state index contributed by atoms with van der Waals surface area (Å²) in [5, 5.41) is 3.37. The highest BCUT2D eigenvalue weighted by molar-refractivity contribution is 5.16. The first-order valence-electron chi connectivity index (χ1n) is 6.28. The van der Waals surface area contributed by atoms with Crippen LogP contribution in [0.4, 0.5) is 4.39 Å². The molecule has 0 aliphatic heterocycles. The van der Waals surface area contributed by atoms with Crippen LogP contribution in [-0.4, -0.2) is 25.8 Å². The summed E-state index contributed by atoms with van der Waals surface area (Å²) in [6.07, 6.45) is 0.890. The predicted octanol–water partition coefficient (Wildman–Crippen LogP) is 2.94. The zero-order valence-electron chi connectivity index (χ0n) is 11.2. The molecular weight excluding hydrogens is 229 g/mol. The normalized spacial score (nSPS) is 12.4. The number of nitrogens with one attached hydrogen (secondary N) is 1. The van der Waals surface area contributed by atoms with Gasteiger partial charge in [0.25, 0.3) is 0 Å². The van der Waals surface area contributed by atoms with Gasteiger partial charge >= 0.3 is 0 Å². The largest absolute Gasteiger partial charge is 0.376 e. The standard InChI is InChI=1S/C15H22FNO/c1-12(2)11-18-9-8-17-13(3)10-14-4-6-15(16)7-5-14/h4-7,13,17H,1,8-11H2,2-3H3. The molecule has 0 aliphatic carbocycles. The molecule has 1 unspecified atom stereocenters. The maximum Gasteiger partial charge on any atom is 0.123 e. The van der Waals surface area contributed by atoms with Gasteiger partial charge in [-0.05, 0) is 38.0 Å². The van der Waals surface area contributed by atoms with E-state index >= 15 is 0 Å². The van der Waals surface area contributed by atoms with Gasteiger partial charge in [0.05, 0.1) is 13.2 Å². The van der Waals surface area contributed by atoms with Crippen LogP contribution >= 0.6 is 0 Å². The van der Waals surface area contributed by atoms with Gasteiger partial charge in [0.15, 0.2) is 0 Å². The van der Waals surface area contributed by atoms with Gasteiger partial charge in [-0.25, -0.2) is 4.39 Å². The van der Waals surface area contributed by atoms with Crippen LogP contribution in [0.1, 0.15) is 19.4 Å². The smallest absolute Gasteiger partial charge is 0.123 e. The summed E-state index contributed by atoms with van der Waals surface area (Å²) in [6, 6.07) is 7.00. The van der Waals surface area contributed by atoms with Gasteiger partial charge in [0.1, 0.15) is 5.82 Å². The lowest BCUT2D eigenvalue weighted by Gasteiger charge is -2.14. The van der Waals surface area contributed by atoms with Gasteiger partial charge < -0.3 is 10.1 Å². The fraction of sp³-hybridized carbons (Fsp3) is 0.467. The molecule has 1 atom stereocenters. The van der Waals surface area contributed by atoms with Gasteiger partial charge in [-0.15, -0.1) is 0 Å². The molecular formula is C15H22FNO. The van der Waals surface area contributed by atoms with Gasteiger partial charge in [0, 0.05) is 12.6 Å². The van der Waals surface area contributed by atoms with E-state index in [1.165, 1.54) is 12.1 Å². The van der Waals surface area contributed by atoms with E-state index in [-0.39, 0.29) is 5.82 Å². The van der Waals surface area contributed by atoms with E-state index in [0.717, 1.165) is 24.1 Å². The minimum atomic E-state index is -0.187. The Bertz CT molecular complexity index is 361. The van der Waals surface area contributed by atoms with E-state index < -0.39 is 0 Å². The van der Waals surface area contributed by atoms with Crippen LogP contribution in [0, 0.1) is 5.82 Å². The molecule has 1 aromatic rings. The van der Waals surface area contributed by atoms with Crippen molar-refractivity contribution in [3.05, 3.63) is 47.8 Å². The van der Waals surface area contributed by atoms with Crippen LogP contribution in [0.25, 0.3) is 0 Å². The van der Waals surface area contributed by atoms with Crippen molar-refractivity contribution >= 4 is 0 Å². The zero-order chi connectivity index (χ0) is 13.4. The number of hydrogen-bond donors (Lipinski definition) is 1. The Kier molecular flexibility index (Phi) is 6.61. The fourth-order valence-electron chi connectivity index (χ4n) is 1.67. The summed E-state index contributed by atoms with van der Waals surface area (Å²) < 4.78 is 18.1. The molecule has 1 rings (SSSR count). The quantitative estimate of drug-likeness (QED) is 0.566. The summed E-state index contributed by atoms with van der Waals surface area (Å²) in [7, 11) is 0. The second-order valence-electron chi connectivity index (χ2n) is 4.70. The number of rotatable bonds is 8. The monoisotopic (exact) mass is 251 g/mol. The lowest BCUT2D eigenvalue weighted by atomic mass is 10.1. The minimum absolute atomic E-state index is 0.187. The fourth-order valence-corrected chi connectivity index (χ4v) is 1.67. The lowest BCUT2D eigenvalue weighted by Crippen LogP contribution is -2.31. The van der Waals surface area contributed by atoms with Crippen LogP contribution in [0.3, 0.4) is 0 Å². The van der Waals surface area contributed by atoms with E-state index in [1.54, 1.807) is 0 Å². The second kappa shape index (κ2) is 8.01. The molecule has 0 saturated heterocycles. The molecule has 3 heteroatoms. The van der Waals surface area contributed by atoms with Crippen molar-refractivity contribution in [3.8, 4) is 0 Å². The molecule has 0 amide bonds. The van der Waals surface area contributed by atoms with E-state index in [9.17, 15) is 4.39 Å². The van der Waals surface area contributed by atoms with E-state index in [0.29, 0.717) is 19.3 Å². The summed E-state index contributed by atoms with van der Waals surface area (Å²) in [5.74, 6) is -0.187. The molecule has 18 heavy (non-hydrogen) atoms. The number of halogens is 1. The van der Waals surface area contributed by atoms with Crippen molar-refractivity contribution in [3.63, 3.8) is 0 Å². The van der Waals surface area contributed by atoms with Gasteiger partial charge in [-0.3, -0.25) is 0 Å². The highest BCUT2D eigenvalue weighted by atomic mass is 19.1. The summed E-state index contributed by atoms with van der Waals surface area (Å²) in [5.41, 5.74) is 2.17. The average Bonchev–Trinajstić information content (AvgIpc) is 2.31. The Morgan fingerprint density at radius 2 is 2.06 bits per heavy atom. The topological polar surface area (TPSA) is 21.3 Å². The second-order valence-corrected chi connectivity index (χ2v) is 4.70. The molecule has 1 aromatic carbocycles. The Labute approximate surface area is 109 Å². The van der Waals surface area contributed by atoms with Crippen molar-refractivity contribution in [2.24, 2.45) is 0 Å². The molecule has 0 spiro atoms. The van der Waals surface area contributed by atoms with Crippen LogP contribution in [0.15, 0.2) is 36.4 Å². The first kappa shape index (κ1) is 14.9. The van der Waals surface area contributed by atoms with Crippen molar-refractivity contribution in [1.29, 1.82) is 0 Å². The third kappa shape index (κ3) is 6.52. The molecule has 2 nitrogen and oxygen atoms in total. The maximum absolute atomic E-state index is 12.7. The van der Waals surface area contributed by atoms with Crippen molar-refractivity contribution in [2.45, 2.75) is 26.3 Å². The number of benzene rings is 1. The molecule has 0 aromatic heterocycles. The molecule has 0 saturated carbocycles. The lowest BCUT2D eigenvalue weighted by molar-refractivity contribution is 0.156. The first-order valence-corrected chi connectivity index (χ1v) is 6.28. The van der Waals surface area contributed by atoms with Crippen molar-refractivity contribution < 1.29 is 9.13 Å². The third-order valence-corrected chi connectivity index (χ3v) is 2.54. The summed E-state index contributed by atoms with van der Waals surface area (Å²) in [6.45, 7) is 9.95. The Balaban J connectivity index is 2.15. The summed E-state index contributed by atoms with van der Waals surface area (Å²) >= 11 is 0. The van der Waals surface area contributed by atoms with Gasteiger partial charge in [-0.1, -0.05) is 24.3 Å². The van der Waals surface area contributed by atoms with Gasteiger partial charge in [0.2, 0.25) is 0 Å². The minimum Gasteiger partial charge on any atom is -0.376 e. The third-order valence-electron chi connectivity index (χ3n) is 2.54. The molecule has 0 aliphatic rings. The number of hydrogen-bond acceptors (Lipinski definition) is 2. The van der Waals surface area contributed by atoms with Crippen LogP contribution < -0.4 is 5.32 Å². The van der Waals surface area contributed by atoms with Crippen LogP contribution in [0.2, 0.25) is 0 Å². The van der Waals surface area contributed by atoms with E-state index in [4.69, 9.17) is 4.74 Å². The highest BCUT2D eigenvalue weighted by Gasteiger charge is 2.02. The molecule has 0 fully saturated rings. The SMILES string of the molecule is C=C(C)COCCNC(C)Cc1ccc(F)cc1. The number of ether oxygens (including phenoxy) is 1. The van der Waals surface area contributed by atoms with E-state index in [2.05, 4.69) is 18.8 Å². The average molecular weight is 251 g/mol. The Hall–Kier alpha value is -1.19. The highest BCUT2D eigenvalue weighted by Crippen LogP contribution is 2.05. The van der Waals surface area contributed by atoms with Crippen molar-refractivity contribution in [1.82, 2.24) is 5.32 Å². The van der Waals surface area contributed by atoms with E-state index in [1.807, 2.05) is 19.1 Å². The Morgan fingerprint density at radius 1 is 1.39 bits per heavy atom. The maximum atomic E-state index is 12.7.